The van der Waals surface area contributed by atoms with Crippen LogP contribution in [-0.4, -0.2) is 25.5 Å². The van der Waals surface area contributed by atoms with Gasteiger partial charge in [-0.05, 0) is 19.9 Å². The van der Waals surface area contributed by atoms with E-state index in [1.54, 1.807) is 0 Å². The van der Waals surface area contributed by atoms with E-state index in [4.69, 9.17) is 5.73 Å². The van der Waals surface area contributed by atoms with Gasteiger partial charge in [0.05, 0.1) is 12.2 Å². The van der Waals surface area contributed by atoms with Crippen molar-refractivity contribution >= 4 is 0 Å². The first kappa shape index (κ1) is 14.3. The molecular weight excluding hydrogens is 258 g/mol. The lowest BCUT2D eigenvalue weighted by atomic mass is 10.4. The molecule has 0 atom stereocenters. The van der Waals surface area contributed by atoms with Crippen LogP contribution >= 0.6 is 0 Å². The van der Waals surface area contributed by atoms with Gasteiger partial charge in [0.15, 0.2) is 0 Å². The molecule has 0 unspecified atom stereocenters. The van der Waals surface area contributed by atoms with Gasteiger partial charge in [0.1, 0.15) is 0 Å². The Morgan fingerprint density at radius 1 is 1.25 bits per heavy atom. The van der Waals surface area contributed by atoms with Crippen molar-refractivity contribution in [3.05, 3.63) is 51.1 Å². The smallest absolute Gasteiger partial charge is 0.329 e. The Balaban J connectivity index is 2.31. The predicted molar refractivity (Wildman–Crippen MR) is 75.7 cm³/mol. The summed E-state index contributed by atoms with van der Waals surface area (Å²) in [6.45, 7) is 4.87. The summed E-state index contributed by atoms with van der Waals surface area (Å²) in [4.78, 5) is 23.8. The summed E-state index contributed by atoms with van der Waals surface area (Å²) in [6.07, 6.45) is 3.37. The zero-order valence-corrected chi connectivity index (χ0v) is 11.7. The maximum absolute atomic E-state index is 12.2. The first-order valence-electron chi connectivity index (χ1n) is 6.57. The number of nitrogens with two attached hydrogens (primary N) is 1. The van der Waals surface area contributed by atoms with Gasteiger partial charge in [-0.1, -0.05) is 0 Å². The third kappa shape index (κ3) is 2.88. The molecule has 7 heteroatoms. The quantitative estimate of drug-likeness (QED) is 0.819. The standard InChI is InChI=1S/C13H19N5O2/c1-10(2)18-7-3-11(15-18)9-16-6-4-12(19)17(8-5-14)13(16)20/h3-4,6-7,10H,5,8-9,14H2,1-2H3. The lowest BCUT2D eigenvalue weighted by molar-refractivity contribution is 0.518. The van der Waals surface area contributed by atoms with E-state index < -0.39 is 0 Å². The second-order valence-electron chi connectivity index (χ2n) is 4.89. The SMILES string of the molecule is CC(C)n1ccc(Cn2ccc(=O)n(CCN)c2=O)n1. The average Bonchev–Trinajstić information content (AvgIpc) is 2.87. The van der Waals surface area contributed by atoms with E-state index in [9.17, 15) is 9.59 Å². The fourth-order valence-electron chi connectivity index (χ4n) is 1.94. The molecule has 7 nitrogen and oxygen atoms in total. The molecule has 2 N–H and O–H groups in total. The van der Waals surface area contributed by atoms with Crippen LogP contribution in [0, 0.1) is 0 Å². The Labute approximate surface area is 116 Å². The molecule has 0 fully saturated rings. The first-order chi connectivity index (χ1) is 9.52. The van der Waals surface area contributed by atoms with Gasteiger partial charge in [-0.2, -0.15) is 5.10 Å². The van der Waals surface area contributed by atoms with Gasteiger partial charge in [0.2, 0.25) is 0 Å². The zero-order valence-electron chi connectivity index (χ0n) is 11.7. The van der Waals surface area contributed by atoms with E-state index in [0.29, 0.717) is 6.54 Å². The summed E-state index contributed by atoms with van der Waals surface area (Å²) in [5.74, 6) is 0. The van der Waals surface area contributed by atoms with Crippen LogP contribution in [0.4, 0.5) is 0 Å². The molecule has 2 aromatic heterocycles. The van der Waals surface area contributed by atoms with Crippen LogP contribution in [0.5, 0.6) is 0 Å². The van der Waals surface area contributed by atoms with Crippen LogP contribution < -0.4 is 17.0 Å². The highest BCUT2D eigenvalue weighted by atomic mass is 16.2. The van der Waals surface area contributed by atoms with E-state index in [1.807, 2.05) is 30.8 Å². The van der Waals surface area contributed by atoms with Crippen molar-refractivity contribution in [1.82, 2.24) is 18.9 Å². The van der Waals surface area contributed by atoms with E-state index in [0.717, 1.165) is 10.3 Å². The van der Waals surface area contributed by atoms with E-state index in [2.05, 4.69) is 5.10 Å². The van der Waals surface area contributed by atoms with E-state index >= 15 is 0 Å². The topological polar surface area (TPSA) is 87.8 Å². The Kier molecular flexibility index (Phi) is 4.19. The van der Waals surface area contributed by atoms with Crippen molar-refractivity contribution in [1.29, 1.82) is 0 Å². The van der Waals surface area contributed by atoms with E-state index in [-0.39, 0.29) is 30.4 Å². The summed E-state index contributed by atoms with van der Waals surface area (Å²) in [6, 6.07) is 3.51. The number of rotatable bonds is 5. The van der Waals surface area contributed by atoms with Gasteiger partial charge < -0.3 is 5.73 Å². The largest absolute Gasteiger partial charge is 0.331 e. The predicted octanol–water partition coefficient (Wildman–Crippen LogP) is -0.206. The molecule has 0 saturated heterocycles. The highest BCUT2D eigenvalue weighted by molar-refractivity contribution is 5.01. The summed E-state index contributed by atoms with van der Waals surface area (Å²) < 4.78 is 4.43. The average molecular weight is 277 g/mol. The molecular formula is C13H19N5O2. The monoisotopic (exact) mass is 277 g/mol. The molecule has 108 valence electrons. The molecule has 2 heterocycles. The molecule has 0 aliphatic heterocycles. The highest BCUT2D eigenvalue weighted by Gasteiger charge is 2.07. The van der Waals surface area contributed by atoms with Gasteiger partial charge in [-0.25, -0.2) is 4.79 Å². The minimum absolute atomic E-state index is 0.221. The number of hydrogen-bond donors (Lipinski definition) is 1. The zero-order chi connectivity index (χ0) is 14.7. The molecule has 0 radical (unpaired) electrons. The molecule has 0 aliphatic carbocycles. The molecule has 0 amide bonds. The Morgan fingerprint density at radius 3 is 2.60 bits per heavy atom. The fraction of sp³-hybridized carbons (Fsp3) is 0.462. The lowest BCUT2D eigenvalue weighted by Crippen LogP contribution is -2.40. The van der Waals surface area contributed by atoms with Crippen molar-refractivity contribution in [3.8, 4) is 0 Å². The minimum atomic E-state index is -0.359. The second kappa shape index (κ2) is 5.87. The van der Waals surface area contributed by atoms with Crippen LogP contribution in [0.2, 0.25) is 0 Å². The summed E-state index contributed by atoms with van der Waals surface area (Å²) in [5.41, 5.74) is 5.50. The van der Waals surface area contributed by atoms with Gasteiger partial charge in [-0.15, -0.1) is 0 Å². The third-order valence-corrected chi connectivity index (χ3v) is 3.02. The van der Waals surface area contributed by atoms with Crippen molar-refractivity contribution < 1.29 is 0 Å². The molecule has 0 aromatic carbocycles. The Hall–Kier alpha value is -2.15. The first-order valence-corrected chi connectivity index (χ1v) is 6.57. The molecule has 0 aliphatic rings. The van der Waals surface area contributed by atoms with Crippen LogP contribution in [0.1, 0.15) is 25.6 Å². The minimum Gasteiger partial charge on any atom is -0.329 e. The van der Waals surface area contributed by atoms with Crippen molar-refractivity contribution in [2.24, 2.45) is 5.73 Å². The molecule has 2 aromatic rings. The molecule has 0 spiro atoms. The fourth-order valence-corrected chi connectivity index (χ4v) is 1.94. The number of aromatic nitrogens is 4. The van der Waals surface area contributed by atoms with Gasteiger partial charge >= 0.3 is 5.69 Å². The molecule has 2 rings (SSSR count). The maximum atomic E-state index is 12.2. The number of hydrogen-bond acceptors (Lipinski definition) is 4. The van der Waals surface area contributed by atoms with Crippen molar-refractivity contribution in [3.63, 3.8) is 0 Å². The third-order valence-electron chi connectivity index (χ3n) is 3.02. The van der Waals surface area contributed by atoms with Crippen LogP contribution in [-0.2, 0) is 13.1 Å². The van der Waals surface area contributed by atoms with Crippen LogP contribution in [0.15, 0.2) is 34.1 Å². The molecule has 0 saturated carbocycles. The van der Waals surface area contributed by atoms with Gasteiger partial charge in [-0.3, -0.25) is 18.6 Å². The van der Waals surface area contributed by atoms with Gasteiger partial charge in [0, 0.05) is 37.6 Å². The van der Waals surface area contributed by atoms with Crippen molar-refractivity contribution in [2.45, 2.75) is 33.0 Å². The van der Waals surface area contributed by atoms with Crippen molar-refractivity contribution in [2.75, 3.05) is 6.54 Å². The van der Waals surface area contributed by atoms with Crippen LogP contribution in [0.25, 0.3) is 0 Å². The van der Waals surface area contributed by atoms with Gasteiger partial charge in [0.25, 0.3) is 5.56 Å². The molecule has 20 heavy (non-hydrogen) atoms. The summed E-state index contributed by atoms with van der Waals surface area (Å²) >= 11 is 0. The molecule has 0 bridgehead atoms. The summed E-state index contributed by atoms with van der Waals surface area (Å²) in [5, 5.41) is 4.39. The second-order valence-corrected chi connectivity index (χ2v) is 4.89. The van der Waals surface area contributed by atoms with E-state index in [1.165, 1.54) is 16.8 Å². The number of nitrogens with zero attached hydrogens (tertiary/aromatic N) is 4. The Bertz CT molecular complexity index is 695. The normalized spacial score (nSPS) is 11.2. The highest BCUT2D eigenvalue weighted by Crippen LogP contribution is 2.04. The lowest BCUT2D eigenvalue weighted by Gasteiger charge is -2.08. The maximum Gasteiger partial charge on any atom is 0.331 e. The Morgan fingerprint density at radius 2 is 2.00 bits per heavy atom. The summed E-state index contributed by atoms with van der Waals surface area (Å²) in [7, 11) is 0. The van der Waals surface area contributed by atoms with Crippen LogP contribution in [0.3, 0.4) is 0 Å².